The first-order chi connectivity index (χ1) is 17.7. The summed E-state index contributed by atoms with van der Waals surface area (Å²) in [7, 11) is 0. The lowest BCUT2D eigenvalue weighted by Crippen LogP contribution is -2.22. The number of carbonyl (C=O) groups is 1. The number of fused-ring (bicyclic) bond motifs is 2. The second-order valence-electron chi connectivity index (χ2n) is 8.59. The summed E-state index contributed by atoms with van der Waals surface area (Å²) in [6.45, 7) is 0. The van der Waals surface area contributed by atoms with Crippen LogP contribution in [-0.2, 0) is 4.79 Å². The fourth-order valence-electron chi connectivity index (χ4n) is 4.58. The topological polar surface area (TPSA) is 55.1 Å². The Kier molecular flexibility index (Phi) is 5.72. The Morgan fingerprint density at radius 2 is 1.42 bits per heavy atom. The van der Waals surface area contributed by atoms with Crippen molar-refractivity contribution in [3.05, 3.63) is 131 Å². The molecule has 6 rings (SSSR count). The number of aromatic nitrogens is 1. The minimum Gasteiger partial charge on any atom is -0.436 e. The minimum atomic E-state index is -0.434. The van der Waals surface area contributed by atoms with Crippen molar-refractivity contribution in [1.29, 1.82) is 0 Å². The maximum atomic E-state index is 13.5. The highest BCUT2D eigenvalue weighted by Gasteiger charge is 2.23. The molecule has 0 aliphatic heterocycles. The zero-order chi connectivity index (χ0) is 24.5. The van der Waals surface area contributed by atoms with Gasteiger partial charge >= 0.3 is 0 Å². The van der Waals surface area contributed by atoms with Crippen LogP contribution in [0.4, 0.5) is 5.69 Å². The summed E-state index contributed by atoms with van der Waals surface area (Å²) in [6.07, 6.45) is 0. The number of hydrogen-bond acceptors (Lipinski definition) is 3. The molecule has 5 aromatic carbocycles. The number of nitrogens with one attached hydrogen (secondary N) is 1. The third kappa shape index (κ3) is 4.12. The predicted octanol–water partition coefficient (Wildman–Crippen LogP) is 8.07. The van der Waals surface area contributed by atoms with E-state index in [0.29, 0.717) is 27.7 Å². The Morgan fingerprint density at radius 3 is 2.14 bits per heavy atom. The van der Waals surface area contributed by atoms with Gasteiger partial charge in [-0.05, 0) is 46.8 Å². The molecule has 36 heavy (non-hydrogen) atoms. The molecular weight excluding hydrogens is 468 g/mol. The summed E-state index contributed by atoms with van der Waals surface area (Å²) in [4.78, 5) is 18.2. The van der Waals surface area contributed by atoms with E-state index in [2.05, 4.69) is 5.32 Å². The first-order valence-corrected chi connectivity index (χ1v) is 12.0. The molecule has 0 saturated heterocycles. The van der Waals surface area contributed by atoms with Crippen LogP contribution in [-0.4, -0.2) is 10.9 Å². The van der Waals surface area contributed by atoms with E-state index in [1.54, 1.807) is 0 Å². The maximum absolute atomic E-state index is 13.5. The normalized spacial score (nSPS) is 11.3. The molecule has 0 fully saturated rings. The van der Waals surface area contributed by atoms with Crippen LogP contribution in [0.15, 0.2) is 120 Å². The number of benzene rings is 5. The van der Waals surface area contributed by atoms with Gasteiger partial charge in [0.05, 0.1) is 5.92 Å². The number of halogens is 1. The molecule has 5 heteroatoms. The highest BCUT2D eigenvalue weighted by molar-refractivity contribution is 6.35. The van der Waals surface area contributed by atoms with E-state index in [4.69, 9.17) is 21.0 Å². The number of rotatable bonds is 5. The molecular formula is C31H21ClN2O2. The van der Waals surface area contributed by atoms with Crippen LogP contribution < -0.4 is 5.32 Å². The van der Waals surface area contributed by atoms with Crippen LogP contribution in [0.1, 0.15) is 17.0 Å². The van der Waals surface area contributed by atoms with Crippen molar-refractivity contribution in [2.75, 3.05) is 5.32 Å². The Morgan fingerprint density at radius 1 is 0.750 bits per heavy atom. The lowest BCUT2D eigenvalue weighted by Gasteiger charge is -2.18. The average molecular weight is 489 g/mol. The number of carbonyl (C=O) groups excluding carboxylic acids is 1. The predicted molar refractivity (Wildman–Crippen MR) is 145 cm³/mol. The molecule has 1 amide bonds. The second kappa shape index (κ2) is 9.33. The van der Waals surface area contributed by atoms with E-state index >= 15 is 0 Å². The molecule has 0 aliphatic rings. The first-order valence-electron chi connectivity index (χ1n) is 11.7. The van der Waals surface area contributed by atoms with Gasteiger partial charge in [-0.1, -0.05) is 96.5 Å². The van der Waals surface area contributed by atoms with Crippen LogP contribution in [0.25, 0.3) is 33.3 Å². The maximum Gasteiger partial charge on any atom is 0.236 e. The molecule has 0 aliphatic carbocycles. The quantitative estimate of drug-likeness (QED) is 0.267. The van der Waals surface area contributed by atoms with Gasteiger partial charge in [-0.25, -0.2) is 4.98 Å². The zero-order valence-electron chi connectivity index (χ0n) is 19.2. The monoisotopic (exact) mass is 488 g/mol. The Labute approximate surface area is 213 Å². The van der Waals surface area contributed by atoms with E-state index in [1.807, 2.05) is 115 Å². The summed E-state index contributed by atoms with van der Waals surface area (Å²) in [5, 5.41) is 5.68. The summed E-state index contributed by atoms with van der Waals surface area (Å²) in [5.41, 5.74) is 4.69. The zero-order valence-corrected chi connectivity index (χ0v) is 19.9. The summed E-state index contributed by atoms with van der Waals surface area (Å²) in [5.74, 6) is -0.0386. The highest BCUT2D eigenvalue weighted by Crippen LogP contribution is 2.34. The molecule has 0 bridgehead atoms. The molecule has 0 spiro atoms. The van der Waals surface area contributed by atoms with Crippen LogP contribution in [0, 0.1) is 0 Å². The van der Waals surface area contributed by atoms with Gasteiger partial charge in [-0.2, -0.15) is 0 Å². The van der Waals surface area contributed by atoms with E-state index < -0.39 is 5.92 Å². The fraction of sp³-hybridized carbons (Fsp3) is 0.0323. The molecule has 0 unspecified atom stereocenters. The molecule has 0 saturated carbocycles. The molecule has 174 valence electrons. The molecule has 6 aromatic rings. The molecule has 1 N–H and O–H groups in total. The van der Waals surface area contributed by atoms with Gasteiger partial charge in [0.2, 0.25) is 11.8 Å². The third-order valence-electron chi connectivity index (χ3n) is 6.28. The van der Waals surface area contributed by atoms with Crippen molar-refractivity contribution in [2.24, 2.45) is 0 Å². The van der Waals surface area contributed by atoms with Crippen LogP contribution in [0.2, 0.25) is 5.02 Å². The van der Waals surface area contributed by atoms with Crippen LogP contribution >= 0.6 is 11.6 Å². The molecule has 4 nitrogen and oxygen atoms in total. The third-order valence-corrected chi connectivity index (χ3v) is 6.61. The number of nitrogens with zero attached hydrogens (tertiary/aromatic N) is 1. The van der Waals surface area contributed by atoms with Gasteiger partial charge in [0, 0.05) is 21.7 Å². The van der Waals surface area contributed by atoms with Gasteiger partial charge < -0.3 is 9.73 Å². The lowest BCUT2D eigenvalue weighted by atomic mass is 9.90. The van der Waals surface area contributed by atoms with Gasteiger partial charge in [0.1, 0.15) is 5.52 Å². The minimum absolute atomic E-state index is 0.112. The Hall–Kier alpha value is -4.41. The van der Waals surface area contributed by atoms with Gasteiger partial charge in [0.15, 0.2) is 5.58 Å². The summed E-state index contributed by atoms with van der Waals surface area (Å²) >= 11 is 6.39. The SMILES string of the molecule is O=C(Nc1ccc2oc(-c3cccc4c(Cl)cccc34)nc2c1)C(c1ccccc1)c1ccccc1. The molecule has 0 radical (unpaired) electrons. The Bertz CT molecular complexity index is 1650. The average Bonchev–Trinajstić information content (AvgIpc) is 3.33. The van der Waals surface area contributed by atoms with E-state index in [1.165, 1.54) is 0 Å². The van der Waals surface area contributed by atoms with Crippen molar-refractivity contribution in [3.63, 3.8) is 0 Å². The summed E-state index contributed by atoms with van der Waals surface area (Å²) in [6, 6.07) is 36.8. The van der Waals surface area contributed by atoms with Crippen LogP contribution in [0.3, 0.4) is 0 Å². The van der Waals surface area contributed by atoms with Crippen molar-refractivity contribution in [2.45, 2.75) is 5.92 Å². The first kappa shape index (κ1) is 22.1. The van der Waals surface area contributed by atoms with Crippen molar-refractivity contribution < 1.29 is 9.21 Å². The van der Waals surface area contributed by atoms with Crippen molar-refractivity contribution >= 4 is 45.1 Å². The Balaban J connectivity index is 1.34. The summed E-state index contributed by atoms with van der Waals surface area (Å²) < 4.78 is 6.08. The lowest BCUT2D eigenvalue weighted by molar-refractivity contribution is -0.116. The van der Waals surface area contributed by atoms with E-state index in [0.717, 1.165) is 27.5 Å². The number of anilines is 1. The van der Waals surface area contributed by atoms with E-state index in [9.17, 15) is 4.79 Å². The van der Waals surface area contributed by atoms with Crippen molar-refractivity contribution in [1.82, 2.24) is 4.98 Å². The highest BCUT2D eigenvalue weighted by atomic mass is 35.5. The largest absolute Gasteiger partial charge is 0.436 e. The fourth-order valence-corrected chi connectivity index (χ4v) is 4.82. The second-order valence-corrected chi connectivity index (χ2v) is 8.99. The van der Waals surface area contributed by atoms with Crippen molar-refractivity contribution in [3.8, 4) is 11.5 Å². The van der Waals surface area contributed by atoms with Gasteiger partial charge in [0.25, 0.3) is 0 Å². The number of oxazole rings is 1. The number of amides is 1. The van der Waals surface area contributed by atoms with Gasteiger partial charge in [-0.15, -0.1) is 0 Å². The smallest absolute Gasteiger partial charge is 0.236 e. The standard InChI is InChI=1S/C31H21ClN2O2/c32-26-16-8-13-23-24(26)14-7-15-25(23)31-34-27-19-22(17-18-28(27)36-31)33-30(35)29(20-9-3-1-4-10-20)21-11-5-2-6-12-21/h1-19,29H,(H,33,35). The van der Waals surface area contributed by atoms with E-state index in [-0.39, 0.29) is 5.91 Å². The molecule has 0 atom stereocenters. The molecule has 1 heterocycles. The van der Waals surface area contributed by atoms with Gasteiger partial charge in [-0.3, -0.25) is 4.79 Å². The van der Waals surface area contributed by atoms with Crippen LogP contribution in [0.5, 0.6) is 0 Å². The number of hydrogen-bond donors (Lipinski definition) is 1. The molecule has 1 aromatic heterocycles.